The summed E-state index contributed by atoms with van der Waals surface area (Å²) in [6.07, 6.45) is 7.90. The van der Waals surface area contributed by atoms with Crippen LogP contribution in [0.1, 0.15) is 73.8 Å². The van der Waals surface area contributed by atoms with Crippen LogP contribution in [0.4, 0.5) is 0 Å². The first-order valence-corrected chi connectivity index (χ1v) is 9.15. The molecule has 1 aliphatic carbocycles. The molecule has 24 heavy (non-hydrogen) atoms. The zero-order valence-electron chi connectivity index (χ0n) is 14.4. The third-order valence-electron chi connectivity index (χ3n) is 5.10. The van der Waals surface area contributed by atoms with Gasteiger partial charge in [-0.15, -0.1) is 0 Å². The second-order valence-corrected chi connectivity index (χ2v) is 6.69. The van der Waals surface area contributed by atoms with E-state index in [2.05, 4.69) is 0 Å². The molecule has 0 amide bonds. The molecule has 3 heteroatoms. The van der Waals surface area contributed by atoms with Gasteiger partial charge >= 0.3 is 5.63 Å². The summed E-state index contributed by atoms with van der Waals surface area (Å²) in [4.78, 5) is 12.6. The van der Waals surface area contributed by atoms with Gasteiger partial charge in [0.05, 0.1) is 5.56 Å². The molecule has 0 aliphatic heterocycles. The molecule has 0 radical (unpaired) electrons. The molecule has 1 aromatic heterocycles. The molecule has 3 rings (SSSR count). The van der Waals surface area contributed by atoms with E-state index in [-0.39, 0.29) is 17.3 Å². The zero-order valence-corrected chi connectivity index (χ0v) is 14.4. The fraction of sp³-hybridized carbons (Fsp3) is 0.476. The molecule has 128 valence electrons. The van der Waals surface area contributed by atoms with Crippen LogP contribution >= 0.6 is 0 Å². The van der Waals surface area contributed by atoms with Gasteiger partial charge in [0, 0.05) is 17.9 Å². The van der Waals surface area contributed by atoms with Crippen molar-refractivity contribution in [3.8, 4) is 5.75 Å². The van der Waals surface area contributed by atoms with Crippen molar-refractivity contribution >= 4 is 0 Å². The van der Waals surface area contributed by atoms with Crippen molar-refractivity contribution in [1.29, 1.82) is 0 Å². The van der Waals surface area contributed by atoms with E-state index in [1.54, 1.807) is 0 Å². The van der Waals surface area contributed by atoms with Gasteiger partial charge in [-0.25, -0.2) is 4.79 Å². The lowest BCUT2D eigenvalue weighted by atomic mass is 9.88. The molecule has 0 saturated carbocycles. The molecule has 1 atom stereocenters. The average molecular weight is 326 g/mol. The summed E-state index contributed by atoms with van der Waals surface area (Å²) in [6, 6.07) is 9.91. The summed E-state index contributed by atoms with van der Waals surface area (Å²) in [5, 5.41) is 10.9. The van der Waals surface area contributed by atoms with E-state index < -0.39 is 0 Å². The molecule has 0 fully saturated rings. The number of fused-ring (bicyclic) bond motifs is 1. The van der Waals surface area contributed by atoms with E-state index >= 15 is 0 Å². The fourth-order valence-corrected chi connectivity index (χ4v) is 3.80. The average Bonchev–Trinajstić information content (AvgIpc) is 2.71. The van der Waals surface area contributed by atoms with Gasteiger partial charge in [-0.2, -0.15) is 0 Å². The molecule has 3 nitrogen and oxygen atoms in total. The maximum Gasteiger partial charge on any atom is 0.343 e. The zero-order chi connectivity index (χ0) is 16.9. The lowest BCUT2D eigenvalue weighted by Gasteiger charge is -2.19. The Balaban J connectivity index is 2.09. The van der Waals surface area contributed by atoms with Crippen LogP contribution in [0.15, 0.2) is 39.5 Å². The molecule has 1 heterocycles. The van der Waals surface area contributed by atoms with Gasteiger partial charge in [0.25, 0.3) is 0 Å². The van der Waals surface area contributed by atoms with E-state index in [4.69, 9.17) is 4.42 Å². The van der Waals surface area contributed by atoms with Crippen molar-refractivity contribution in [3.05, 3.63) is 63.2 Å². The highest BCUT2D eigenvalue weighted by atomic mass is 16.4. The van der Waals surface area contributed by atoms with Gasteiger partial charge in [0.2, 0.25) is 0 Å². The summed E-state index contributed by atoms with van der Waals surface area (Å²) in [5.41, 5.74) is 1.97. The maximum atomic E-state index is 12.6. The topological polar surface area (TPSA) is 50.4 Å². The van der Waals surface area contributed by atoms with Crippen molar-refractivity contribution in [3.63, 3.8) is 0 Å². The molecule has 1 unspecified atom stereocenters. The Hall–Kier alpha value is -2.03. The van der Waals surface area contributed by atoms with Gasteiger partial charge in [0.15, 0.2) is 0 Å². The van der Waals surface area contributed by atoms with Gasteiger partial charge < -0.3 is 9.52 Å². The van der Waals surface area contributed by atoms with E-state index in [0.717, 1.165) is 49.7 Å². The Morgan fingerprint density at radius 3 is 2.42 bits per heavy atom. The van der Waals surface area contributed by atoms with Crippen LogP contribution in [0.3, 0.4) is 0 Å². The Morgan fingerprint density at radius 2 is 1.71 bits per heavy atom. The van der Waals surface area contributed by atoms with E-state index in [0.29, 0.717) is 11.3 Å². The molecule has 2 aromatic rings. The molecular formula is C21H26O3. The highest BCUT2D eigenvalue weighted by Gasteiger charge is 2.25. The molecule has 1 aliphatic rings. The predicted octanol–water partition coefficient (Wildman–Crippen LogP) is 4.94. The van der Waals surface area contributed by atoms with Crippen molar-refractivity contribution in [2.75, 3.05) is 0 Å². The summed E-state index contributed by atoms with van der Waals surface area (Å²) in [6.45, 7) is 2.04. The largest absolute Gasteiger partial charge is 0.507 e. The summed E-state index contributed by atoms with van der Waals surface area (Å²) in [5.74, 6) is 0.755. The Morgan fingerprint density at radius 1 is 1.04 bits per heavy atom. The molecular weight excluding hydrogens is 300 g/mol. The minimum absolute atomic E-state index is 0.125. The third kappa shape index (κ3) is 3.40. The predicted molar refractivity (Wildman–Crippen MR) is 95.7 cm³/mol. The van der Waals surface area contributed by atoms with E-state index in [1.807, 2.05) is 37.3 Å². The molecule has 0 saturated heterocycles. The number of hydrogen-bond acceptors (Lipinski definition) is 3. The van der Waals surface area contributed by atoms with Crippen LogP contribution in [0.5, 0.6) is 5.75 Å². The summed E-state index contributed by atoms with van der Waals surface area (Å²) < 4.78 is 5.69. The highest BCUT2D eigenvalue weighted by Crippen LogP contribution is 2.36. The Labute approximate surface area is 143 Å². The number of rotatable bonds is 3. The van der Waals surface area contributed by atoms with Crippen molar-refractivity contribution in [2.24, 2.45) is 0 Å². The second kappa shape index (κ2) is 7.69. The Bertz CT molecular complexity index is 731. The van der Waals surface area contributed by atoms with Crippen LogP contribution in [0.2, 0.25) is 0 Å². The number of aryl methyl sites for hydroxylation is 1. The lowest BCUT2D eigenvalue weighted by molar-refractivity contribution is 0.393. The minimum atomic E-state index is -0.374. The van der Waals surface area contributed by atoms with Gasteiger partial charge in [-0.1, -0.05) is 56.5 Å². The first-order valence-electron chi connectivity index (χ1n) is 9.15. The second-order valence-electron chi connectivity index (χ2n) is 6.69. The highest BCUT2D eigenvalue weighted by molar-refractivity contribution is 5.45. The van der Waals surface area contributed by atoms with Crippen molar-refractivity contribution in [1.82, 2.24) is 0 Å². The van der Waals surface area contributed by atoms with Crippen LogP contribution < -0.4 is 5.63 Å². The van der Waals surface area contributed by atoms with Crippen LogP contribution in [-0.2, 0) is 12.8 Å². The van der Waals surface area contributed by atoms with E-state index in [1.165, 1.54) is 12.8 Å². The summed E-state index contributed by atoms with van der Waals surface area (Å²) >= 11 is 0. The normalized spacial score (nSPS) is 16.5. The van der Waals surface area contributed by atoms with Gasteiger partial charge in [-0.3, -0.25) is 0 Å². The van der Waals surface area contributed by atoms with Gasteiger partial charge in [0.1, 0.15) is 11.5 Å². The Kier molecular flexibility index (Phi) is 5.39. The molecule has 1 aromatic carbocycles. The first-order chi connectivity index (χ1) is 11.7. The summed E-state index contributed by atoms with van der Waals surface area (Å²) in [7, 11) is 0. The van der Waals surface area contributed by atoms with E-state index in [9.17, 15) is 9.90 Å². The third-order valence-corrected chi connectivity index (χ3v) is 5.10. The first kappa shape index (κ1) is 16.8. The lowest BCUT2D eigenvalue weighted by Crippen LogP contribution is -2.17. The molecule has 0 bridgehead atoms. The fourth-order valence-electron chi connectivity index (χ4n) is 3.80. The quantitative estimate of drug-likeness (QED) is 0.869. The SMILES string of the molecule is CCC(c1ccccc1)c1c(O)c2c(oc1=O)CCCCCCC2. The van der Waals surface area contributed by atoms with Crippen LogP contribution in [-0.4, -0.2) is 5.11 Å². The number of aromatic hydroxyl groups is 1. The molecule has 1 N–H and O–H groups in total. The van der Waals surface area contributed by atoms with Crippen LogP contribution in [0, 0.1) is 0 Å². The van der Waals surface area contributed by atoms with Gasteiger partial charge in [-0.05, 0) is 31.2 Å². The standard InChI is InChI=1S/C21H26O3/c1-2-16(15-11-7-6-8-12-15)19-20(22)17-13-9-4-3-5-10-14-18(17)24-21(19)23/h6-8,11-12,16,22H,2-5,9-10,13-14H2,1H3. The van der Waals surface area contributed by atoms with Crippen molar-refractivity contribution in [2.45, 2.75) is 64.2 Å². The monoisotopic (exact) mass is 326 g/mol. The maximum absolute atomic E-state index is 12.6. The smallest absolute Gasteiger partial charge is 0.343 e. The van der Waals surface area contributed by atoms with Crippen molar-refractivity contribution < 1.29 is 9.52 Å². The number of hydrogen-bond donors (Lipinski definition) is 1. The molecule has 0 spiro atoms. The van der Waals surface area contributed by atoms with Crippen LogP contribution in [0.25, 0.3) is 0 Å². The minimum Gasteiger partial charge on any atom is -0.507 e. The number of benzene rings is 1.